The molecule has 33 heavy (non-hydrogen) atoms. The molecule has 1 aliphatic carbocycles. The highest BCUT2D eigenvalue weighted by Gasteiger charge is 2.32. The molecular weight excluding hydrogens is 419 g/mol. The first-order valence-electron chi connectivity index (χ1n) is 11.6. The predicted molar refractivity (Wildman–Crippen MR) is 130 cm³/mol. The summed E-state index contributed by atoms with van der Waals surface area (Å²) in [5.74, 6) is 1.37. The molecule has 1 saturated heterocycles. The molecule has 4 atom stereocenters. The second-order valence-corrected chi connectivity index (χ2v) is 9.38. The van der Waals surface area contributed by atoms with Gasteiger partial charge in [-0.3, -0.25) is 9.98 Å². The van der Waals surface area contributed by atoms with E-state index >= 15 is 0 Å². The SMILES string of the molecule is CNc1nc(N[C@H]2CCN(C)C[C@H]2F)nc2c1C(c1ccc3c(n1)C(C)CC(C)=N3)=C[C@@H]2N. The summed E-state index contributed by atoms with van der Waals surface area (Å²) in [4.78, 5) is 21.0. The minimum atomic E-state index is -0.978. The van der Waals surface area contributed by atoms with E-state index in [1.807, 2.05) is 37.2 Å². The molecule has 4 heterocycles. The van der Waals surface area contributed by atoms with Gasteiger partial charge in [-0.1, -0.05) is 13.0 Å². The number of nitrogens with two attached hydrogens (primary N) is 1. The molecular formula is C24H31FN8. The number of anilines is 2. The number of halogens is 1. The van der Waals surface area contributed by atoms with E-state index in [2.05, 4.69) is 34.5 Å². The fourth-order valence-corrected chi connectivity index (χ4v) is 5.04. The summed E-state index contributed by atoms with van der Waals surface area (Å²) in [6, 6.07) is 3.30. The van der Waals surface area contributed by atoms with Crippen molar-refractivity contribution in [3.8, 4) is 0 Å². The van der Waals surface area contributed by atoms with Crippen LogP contribution in [0.2, 0.25) is 0 Å². The van der Waals surface area contributed by atoms with Crippen molar-refractivity contribution in [2.24, 2.45) is 10.7 Å². The van der Waals surface area contributed by atoms with Crippen molar-refractivity contribution in [2.75, 3.05) is 37.8 Å². The lowest BCUT2D eigenvalue weighted by molar-refractivity contribution is 0.149. The Morgan fingerprint density at radius 1 is 1.18 bits per heavy atom. The molecule has 174 valence electrons. The number of piperidine rings is 1. The number of aliphatic imine (C=N–C) groups is 1. The maximum absolute atomic E-state index is 14.6. The molecule has 4 N–H and O–H groups in total. The van der Waals surface area contributed by atoms with E-state index in [1.165, 1.54) is 0 Å². The van der Waals surface area contributed by atoms with Crippen molar-refractivity contribution >= 4 is 28.7 Å². The summed E-state index contributed by atoms with van der Waals surface area (Å²) in [5.41, 5.74) is 12.9. The Labute approximate surface area is 193 Å². The van der Waals surface area contributed by atoms with Gasteiger partial charge in [-0.25, -0.2) is 9.37 Å². The van der Waals surface area contributed by atoms with Crippen LogP contribution in [0.4, 0.5) is 21.8 Å². The Bertz CT molecular complexity index is 1140. The smallest absolute Gasteiger partial charge is 0.225 e. The predicted octanol–water partition coefficient (Wildman–Crippen LogP) is 3.41. The fraction of sp³-hybridized carbons (Fsp3) is 0.500. The van der Waals surface area contributed by atoms with Gasteiger partial charge in [0.05, 0.1) is 34.9 Å². The van der Waals surface area contributed by atoms with E-state index in [4.69, 9.17) is 15.7 Å². The van der Waals surface area contributed by atoms with Crippen molar-refractivity contribution in [1.82, 2.24) is 19.9 Å². The van der Waals surface area contributed by atoms with Gasteiger partial charge in [-0.05, 0) is 38.9 Å². The van der Waals surface area contributed by atoms with Gasteiger partial charge in [0.15, 0.2) is 0 Å². The van der Waals surface area contributed by atoms with E-state index < -0.39 is 6.17 Å². The van der Waals surface area contributed by atoms with E-state index in [0.717, 1.165) is 52.6 Å². The number of rotatable bonds is 4. The third-order valence-corrected chi connectivity index (χ3v) is 6.72. The Hall–Kier alpha value is -2.91. The average Bonchev–Trinajstić information content (AvgIpc) is 3.11. The lowest BCUT2D eigenvalue weighted by atomic mass is 9.95. The molecule has 2 aromatic rings. The molecule has 3 aliphatic rings. The van der Waals surface area contributed by atoms with Crippen LogP contribution in [0.15, 0.2) is 23.2 Å². The number of pyridine rings is 1. The summed E-state index contributed by atoms with van der Waals surface area (Å²) in [6.07, 6.45) is 2.61. The first kappa shape index (κ1) is 21.9. The number of nitrogens with one attached hydrogen (secondary N) is 2. The largest absolute Gasteiger partial charge is 0.372 e. The molecule has 0 bridgehead atoms. The van der Waals surface area contributed by atoms with Gasteiger partial charge >= 0.3 is 0 Å². The van der Waals surface area contributed by atoms with Gasteiger partial charge < -0.3 is 21.3 Å². The average molecular weight is 451 g/mol. The molecule has 0 radical (unpaired) electrons. The lowest BCUT2D eigenvalue weighted by Crippen LogP contribution is -2.46. The normalized spacial score (nSPS) is 26.8. The van der Waals surface area contributed by atoms with E-state index in [-0.39, 0.29) is 12.1 Å². The van der Waals surface area contributed by atoms with Crippen LogP contribution in [0.1, 0.15) is 61.3 Å². The second-order valence-electron chi connectivity index (χ2n) is 9.38. The molecule has 9 heteroatoms. The number of aromatic nitrogens is 3. The summed E-state index contributed by atoms with van der Waals surface area (Å²) in [7, 11) is 3.75. The van der Waals surface area contributed by atoms with Crippen LogP contribution in [-0.4, -0.2) is 65.0 Å². The van der Waals surface area contributed by atoms with Crippen LogP contribution in [0.3, 0.4) is 0 Å². The number of hydrogen-bond acceptors (Lipinski definition) is 8. The standard InChI is InChI=1S/C24H31FN8/c1-12-9-13(2)28-19-6-5-17(29-21(12)19)14-10-16(26)22-20(14)23(27-3)32-24(31-22)30-18-7-8-33(4)11-15(18)25/h5-6,10,12,15-16,18H,7-9,11,26H2,1-4H3,(H2,27,30,31,32)/t12?,15-,16+,18+/m1/s1. The van der Waals surface area contributed by atoms with Crippen LogP contribution in [0, 0.1) is 0 Å². The fourth-order valence-electron chi connectivity index (χ4n) is 5.04. The third kappa shape index (κ3) is 4.00. The highest BCUT2D eigenvalue weighted by Crippen LogP contribution is 2.42. The first-order chi connectivity index (χ1) is 15.8. The molecule has 0 spiro atoms. The molecule has 1 fully saturated rings. The number of nitrogens with zero attached hydrogens (tertiary/aromatic N) is 5. The molecule has 1 unspecified atom stereocenters. The van der Waals surface area contributed by atoms with Crippen LogP contribution in [0.25, 0.3) is 5.57 Å². The molecule has 8 nitrogen and oxygen atoms in total. The Morgan fingerprint density at radius 3 is 2.76 bits per heavy atom. The van der Waals surface area contributed by atoms with Gasteiger partial charge in [0, 0.05) is 42.9 Å². The zero-order chi connectivity index (χ0) is 23.3. The molecule has 0 aromatic carbocycles. The van der Waals surface area contributed by atoms with Gasteiger partial charge in [-0.15, -0.1) is 0 Å². The van der Waals surface area contributed by atoms with E-state index in [9.17, 15) is 4.39 Å². The topological polar surface area (TPSA) is 104 Å². The maximum atomic E-state index is 14.6. The van der Waals surface area contributed by atoms with Crippen LogP contribution < -0.4 is 16.4 Å². The second kappa shape index (κ2) is 8.46. The third-order valence-electron chi connectivity index (χ3n) is 6.72. The molecule has 2 aliphatic heterocycles. The highest BCUT2D eigenvalue weighted by molar-refractivity contribution is 5.90. The van der Waals surface area contributed by atoms with Gasteiger partial charge in [0.1, 0.15) is 12.0 Å². The van der Waals surface area contributed by atoms with Crippen LogP contribution >= 0.6 is 0 Å². The van der Waals surface area contributed by atoms with Crippen molar-refractivity contribution in [2.45, 2.75) is 50.9 Å². The Morgan fingerprint density at radius 2 is 2.00 bits per heavy atom. The van der Waals surface area contributed by atoms with Gasteiger partial charge in [0.2, 0.25) is 5.95 Å². The summed E-state index contributed by atoms with van der Waals surface area (Å²) in [5, 5.41) is 6.39. The zero-order valence-electron chi connectivity index (χ0n) is 19.6. The first-order valence-corrected chi connectivity index (χ1v) is 11.6. The Kier molecular flexibility index (Phi) is 5.62. The van der Waals surface area contributed by atoms with Crippen LogP contribution in [0.5, 0.6) is 0 Å². The monoisotopic (exact) mass is 450 g/mol. The van der Waals surface area contributed by atoms with E-state index in [0.29, 0.717) is 30.6 Å². The number of likely N-dealkylation sites (tertiary alicyclic amines) is 1. The molecule has 0 saturated carbocycles. The zero-order valence-corrected chi connectivity index (χ0v) is 19.6. The van der Waals surface area contributed by atoms with Crippen molar-refractivity contribution < 1.29 is 4.39 Å². The number of hydrogen-bond donors (Lipinski definition) is 3. The van der Waals surface area contributed by atoms with E-state index in [1.54, 1.807) is 0 Å². The minimum Gasteiger partial charge on any atom is -0.372 e. The van der Waals surface area contributed by atoms with Crippen molar-refractivity contribution in [3.63, 3.8) is 0 Å². The molecule has 5 rings (SSSR count). The molecule has 2 aromatic heterocycles. The summed E-state index contributed by atoms with van der Waals surface area (Å²) < 4.78 is 14.6. The number of alkyl halides is 1. The van der Waals surface area contributed by atoms with Gasteiger partial charge in [0.25, 0.3) is 0 Å². The summed E-state index contributed by atoms with van der Waals surface area (Å²) >= 11 is 0. The lowest BCUT2D eigenvalue weighted by Gasteiger charge is -2.32. The van der Waals surface area contributed by atoms with Crippen molar-refractivity contribution in [1.29, 1.82) is 0 Å². The maximum Gasteiger partial charge on any atom is 0.225 e. The minimum absolute atomic E-state index is 0.308. The Balaban J connectivity index is 1.49. The van der Waals surface area contributed by atoms with Gasteiger partial charge in [-0.2, -0.15) is 4.98 Å². The summed E-state index contributed by atoms with van der Waals surface area (Å²) in [6.45, 7) is 5.47. The van der Waals surface area contributed by atoms with Crippen molar-refractivity contribution in [3.05, 3.63) is 40.9 Å². The quantitative estimate of drug-likeness (QED) is 0.656. The van der Waals surface area contributed by atoms with Crippen LogP contribution in [-0.2, 0) is 0 Å². The highest BCUT2D eigenvalue weighted by atomic mass is 19.1. The number of fused-ring (bicyclic) bond motifs is 2. The molecule has 0 amide bonds.